The zero-order valence-corrected chi connectivity index (χ0v) is 11.7. The minimum absolute atomic E-state index is 0.341. The first-order valence-corrected chi connectivity index (χ1v) is 6.32. The van der Waals surface area contributed by atoms with E-state index < -0.39 is 0 Å². The largest absolute Gasteiger partial charge is 0.497 e. The Morgan fingerprint density at radius 1 is 0.800 bits per heavy atom. The maximum absolute atomic E-state index is 5.24. The molecule has 0 fully saturated rings. The van der Waals surface area contributed by atoms with Crippen molar-refractivity contribution in [1.82, 2.24) is 0 Å². The van der Waals surface area contributed by atoms with Gasteiger partial charge in [-0.1, -0.05) is 30.3 Å². The van der Waals surface area contributed by atoms with E-state index in [2.05, 4.69) is 0 Å². The molecule has 0 aliphatic heterocycles. The van der Waals surface area contributed by atoms with Gasteiger partial charge in [0.25, 0.3) is 0 Å². The fourth-order valence-corrected chi connectivity index (χ4v) is 1.80. The van der Waals surface area contributed by atoms with Crippen LogP contribution in [-0.2, 0) is 23.0 Å². The highest BCUT2D eigenvalue weighted by atomic mass is 17.2. The Bertz CT molecular complexity index is 540. The van der Waals surface area contributed by atoms with Gasteiger partial charge in [-0.05, 0) is 23.8 Å². The van der Waals surface area contributed by atoms with Gasteiger partial charge in [-0.25, -0.2) is 9.78 Å². The van der Waals surface area contributed by atoms with E-state index in [1.807, 2.05) is 48.5 Å². The van der Waals surface area contributed by atoms with E-state index in [-0.39, 0.29) is 0 Å². The molecule has 2 aromatic carbocycles. The lowest BCUT2D eigenvalue weighted by molar-refractivity contribution is -0.313. The Balaban J connectivity index is 1.81. The molecular weight excluding hydrogens is 256 g/mol. The van der Waals surface area contributed by atoms with Crippen molar-refractivity contribution in [3.63, 3.8) is 0 Å². The highest BCUT2D eigenvalue weighted by Gasteiger charge is 2.02. The second kappa shape index (κ2) is 7.53. The average Bonchev–Trinajstić information content (AvgIpc) is 2.52. The molecule has 0 N–H and O–H groups in total. The van der Waals surface area contributed by atoms with E-state index in [0.29, 0.717) is 13.2 Å². The first kappa shape index (κ1) is 14.4. The maximum Gasteiger partial charge on any atom is 0.124 e. The number of hydrogen-bond acceptors (Lipinski definition) is 4. The topological polar surface area (TPSA) is 36.9 Å². The minimum Gasteiger partial charge on any atom is -0.497 e. The molecule has 0 heterocycles. The standard InChI is InChI=1S/C16H18O4/c1-17-15-8-5-6-13(10-15)11-19-20-12-14-7-3-4-9-16(14)18-2/h3-10H,11-12H2,1-2H3. The predicted molar refractivity (Wildman–Crippen MR) is 75.6 cm³/mol. The van der Waals surface area contributed by atoms with Crippen LogP contribution in [0.3, 0.4) is 0 Å². The molecule has 4 nitrogen and oxygen atoms in total. The molecule has 0 saturated heterocycles. The van der Waals surface area contributed by atoms with Crippen molar-refractivity contribution < 1.29 is 19.2 Å². The Labute approximate surface area is 118 Å². The second-order valence-electron chi connectivity index (χ2n) is 4.19. The zero-order chi connectivity index (χ0) is 14.2. The van der Waals surface area contributed by atoms with Crippen LogP contribution >= 0.6 is 0 Å². The molecule has 0 radical (unpaired) electrons. The molecular formula is C16H18O4. The Morgan fingerprint density at radius 3 is 2.40 bits per heavy atom. The van der Waals surface area contributed by atoms with Gasteiger partial charge in [-0.2, -0.15) is 0 Å². The summed E-state index contributed by atoms with van der Waals surface area (Å²) >= 11 is 0. The monoisotopic (exact) mass is 274 g/mol. The quantitative estimate of drug-likeness (QED) is 0.441. The Morgan fingerprint density at radius 2 is 1.60 bits per heavy atom. The van der Waals surface area contributed by atoms with Crippen molar-refractivity contribution in [1.29, 1.82) is 0 Å². The van der Waals surface area contributed by atoms with Gasteiger partial charge in [0.15, 0.2) is 0 Å². The van der Waals surface area contributed by atoms with Gasteiger partial charge < -0.3 is 9.47 Å². The van der Waals surface area contributed by atoms with Crippen LogP contribution in [0.1, 0.15) is 11.1 Å². The van der Waals surface area contributed by atoms with Crippen LogP contribution in [0.5, 0.6) is 11.5 Å². The highest BCUT2D eigenvalue weighted by molar-refractivity contribution is 5.32. The van der Waals surface area contributed by atoms with Gasteiger partial charge in [0.2, 0.25) is 0 Å². The summed E-state index contributed by atoms with van der Waals surface area (Å²) in [5.74, 6) is 1.59. The van der Waals surface area contributed by atoms with E-state index in [4.69, 9.17) is 19.2 Å². The van der Waals surface area contributed by atoms with Gasteiger partial charge in [0.1, 0.15) is 24.7 Å². The normalized spacial score (nSPS) is 10.3. The predicted octanol–water partition coefficient (Wildman–Crippen LogP) is 3.35. The summed E-state index contributed by atoms with van der Waals surface area (Å²) < 4.78 is 10.4. The van der Waals surface area contributed by atoms with Crippen LogP contribution < -0.4 is 9.47 Å². The number of benzene rings is 2. The van der Waals surface area contributed by atoms with Crippen LogP contribution in [0, 0.1) is 0 Å². The van der Waals surface area contributed by atoms with Crippen LogP contribution in [0.15, 0.2) is 48.5 Å². The molecule has 0 bridgehead atoms. The first-order valence-electron chi connectivity index (χ1n) is 6.32. The summed E-state index contributed by atoms with van der Waals surface area (Å²) in [6.07, 6.45) is 0. The van der Waals surface area contributed by atoms with Gasteiger partial charge >= 0.3 is 0 Å². The highest BCUT2D eigenvalue weighted by Crippen LogP contribution is 2.18. The van der Waals surface area contributed by atoms with Crippen LogP contribution in [0.25, 0.3) is 0 Å². The minimum atomic E-state index is 0.341. The van der Waals surface area contributed by atoms with Crippen LogP contribution in [0.2, 0.25) is 0 Å². The SMILES string of the molecule is COc1cccc(COOCc2ccccc2OC)c1. The van der Waals surface area contributed by atoms with Crippen molar-refractivity contribution in [3.8, 4) is 11.5 Å². The fraction of sp³-hybridized carbons (Fsp3) is 0.250. The van der Waals surface area contributed by atoms with Gasteiger partial charge in [-0.3, -0.25) is 0 Å². The summed E-state index contributed by atoms with van der Waals surface area (Å²) in [4.78, 5) is 10.4. The van der Waals surface area contributed by atoms with Crippen molar-refractivity contribution in [3.05, 3.63) is 59.7 Å². The van der Waals surface area contributed by atoms with Crippen molar-refractivity contribution in [2.45, 2.75) is 13.2 Å². The molecule has 0 atom stereocenters. The third kappa shape index (κ3) is 3.98. The number of rotatable bonds is 7. The van der Waals surface area contributed by atoms with E-state index >= 15 is 0 Å². The fourth-order valence-electron chi connectivity index (χ4n) is 1.80. The molecule has 106 valence electrons. The summed E-state index contributed by atoms with van der Waals surface area (Å²) in [6.45, 7) is 0.709. The second-order valence-corrected chi connectivity index (χ2v) is 4.19. The van der Waals surface area contributed by atoms with E-state index in [9.17, 15) is 0 Å². The lowest BCUT2D eigenvalue weighted by Crippen LogP contribution is -1.98. The molecule has 4 heteroatoms. The van der Waals surface area contributed by atoms with Gasteiger partial charge in [0.05, 0.1) is 14.2 Å². The third-order valence-corrected chi connectivity index (χ3v) is 2.85. The lowest BCUT2D eigenvalue weighted by Gasteiger charge is -2.09. The van der Waals surface area contributed by atoms with Crippen LogP contribution in [-0.4, -0.2) is 14.2 Å². The molecule has 0 unspecified atom stereocenters. The van der Waals surface area contributed by atoms with Crippen LogP contribution in [0.4, 0.5) is 0 Å². The van der Waals surface area contributed by atoms with Gasteiger partial charge in [-0.15, -0.1) is 0 Å². The van der Waals surface area contributed by atoms with Crippen molar-refractivity contribution in [2.24, 2.45) is 0 Å². The number of ether oxygens (including phenoxy) is 2. The van der Waals surface area contributed by atoms with Crippen molar-refractivity contribution in [2.75, 3.05) is 14.2 Å². The van der Waals surface area contributed by atoms with Gasteiger partial charge in [0, 0.05) is 5.56 Å². The third-order valence-electron chi connectivity index (χ3n) is 2.85. The molecule has 0 aliphatic rings. The molecule has 0 aromatic heterocycles. The molecule has 0 saturated carbocycles. The Kier molecular flexibility index (Phi) is 5.41. The number of hydrogen-bond donors (Lipinski definition) is 0. The maximum atomic E-state index is 5.24. The number of para-hydroxylation sites is 1. The zero-order valence-electron chi connectivity index (χ0n) is 11.7. The summed E-state index contributed by atoms with van der Waals surface area (Å²) in [5.41, 5.74) is 1.94. The number of methoxy groups -OCH3 is 2. The molecule has 20 heavy (non-hydrogen) atoms. The lowest BCUT2D eigenvalue weighted by atomic mass is 10.2. The van der Waals surface area contributed by atoms with E-state index in [0.717, 1.165) is 22.6 Å². The van der Waals surface area contributed by atoms with E-state index in [1.165, 1.54) is 0 Å². The molecule has 0 aliphatic carbocycles. The first-order chi connectivity index (χ1) is 9.83. The average molecular weight is 274 g/mol. The summed E-state index contributed by atoms with van der Waals surface area (Å²) in [7, 11) is 3.27. The smallest absolute Gasteiger partial charge is 0.124 e. The molecule has 0 amide bonds. The van der Waals surface area contributed by atoms with Crippen molar-refractivity contribution >= 4 is 0 Å². The molecule has 2 rings (SSSR count). The molecule has 2 aromatic rings. The Hall–Kier alpha value is -2.04. The molecule has 0 spiro atoms. The summed E-state index contributed by atoms with van der Waals surface area (Å²) in [5, 5.41) is 0. The summed E-state index contributed by atoms with van der Waals surface area (Å²) in [6, 6.07) is 15.3. The van der Waals surface area contributed by atoms with E-state index in [1.54, 1.807) is 14.2 Å².